The molecule has 154 valence electrons. The van der Waals surface area contributed by atoms with E-state index in [1.807, 2.05) is 24.3 Å². The molecule has 0 spiro atoms. The second-order valence-electron chi connectivity index (χ2n) is 7.30. The van der Waals surface area contributed by atoms with Crippen molar-refractivity contribution in [3.63, 3.8) is 0 Å². The van der Waals surface area contributed by atoms with Crippen LogP contribution in [-0.4, -0.2) is 43.9 Å². The fraction of sp³-hybridized carbons (Fsp3) is 0.400. The van der Waals surface area contributed by atoms with E-state index in [0.717, 1.165) is 36.6 Å². The maximum absolute atomic E-state index is 13.1. The molecule has 0 amide bonds. The number of nitrogens with zero attached hydrogens (tertiary/aromatic N) is 2. The van der Waals surface area contributed by atoms with Gasteiger partial charge in [-0.3, -0.25) is 10.1 Å². The van der Waals surface area contributed by atoms with Crippen LogP contribution in [0.2, 0.25) is 0 Å². The van der Waals surface area contributed by atoms with Crippen LogP contribution in [0.1, 0.15) is 30.7 Å². The van der Waals surface area contributed by atoms with E-state index in [1.54, 1.807) is 0 Å². The van der Waals surface area contributed by atoms with E-state index in [4.69, 9.17) is 4.74 Å². The second kappa shape index (κ2) is 8.00. The lowest BCUT2D eigenvalue weighted by Crippen LogP contribution is -2.29. The normalized spacial score (nSPS) is 19.4. The van der Waals surface area contributed by atoms with Crippen LogP contribution < -0.4 is 10.1 Å². The van der Waals surface area contributed by atoms with Crippen molar-refractivity contribution in [3.8, 4) is 5.75 Å². The molecule has 4 rings (SSSR count). The van der Waals surface area contributed by atoms with Crippen LogP contribution in [0.3, 0.4) is 0 Å². The van der Waals surface area contributed by atoms with E-state index in [9.17, 15) is 18.5 Å². The molecule has 1 N–H and O–H groups in total. The average molecular weight is 417 g/mol. The number of hydrogen-bond acceptors (Lipinski definition) is 6. The second-order valence-corrected chi connectivity index (χ2v) is 9.21. The highest BCUT2D eigenvalue weighted by atomic mass is 32.2. The van der Waals surface area contributed by atoms with E-state index in [1.165, 1.54) is 16.4 Å². The van der Waals surface area contributed by atoms with E-state index in [0.29, 0.717) is 31.9 Å². The predicted molar refractivity (Wildman–Crippen MR) is 109 cm³/mol. The Morgan fingerprint density at radius 2 is 1.93 bits per heavy atom. The molecule has 0 bridgehead atoms. The Hall–Kier alpha value is -2.65. The standard InChI is InChI=1S/C20H23N3O5S/c24-23(25)16-7-8-18(20(13-16)29(26,27)22-10-3-4-11-22)21-14-15-9-12-28-19-6-2-1-5-17(15)19/h1-2,5-8,13,15,21H,3-4,9-12,14H2. The molecule has 1 unspecified atom stereocenters. The lowest BCUT2D eigenvalue weighted by molar-refractivity contribution is -0.385. The van der Waals surface area contributed by atoms with Gasteiger partial charge in [-0.25, -0.2) is 8.42 Å². The third-order valence-electron chi connectivity index (χ3n) is 5.48. The van der Waals surface area contributed by atoms with E-state index in [-0.39, 0.29) is 16.5 Å². The lowest BCUT2D eigenvalue weighted by atomic mass is 9.93. The summed E-state index contributed by atoms with van der Waals surface area (Å²) in [6.07, 6.45) is 2.41. The molecule has 0 radical (unpaired) electrons. The molecule has 1 fully saturated rings. The van der Waals surface area contributed by atoms with Gasteiger partial charge in [0.05, 0.1) is 17.2 Å². The number of para-hydroxylation sites is 1. The summed E-state index contributed by atoms with van der Waals surface area (Å²) >= 11 is 0. The van der Waals surface area contributed by atoms with E-state index in [2.05, 4.69) is 5.32 Å². The topological polar surface area (TPSA) is 102 Å². The Morgan fingerprint density at radius 3 is 2.69 bits per heavy atom. The van der Waals surface area contributed by atoms with Gasteiger partial charge in [0.25, 0.3) is 5.69 Å². The smallest absolute Gasteiger partial charge is 0.270 e. The highest BCUT2D eigenvalue weighted by Crippen LogP contribution is 2.35. The van der Waals surface area contributed by atoms with Crippen molar-refractivity contribution >= 4 is 21.4 Å². The predicted octanol–water partition coefficient (Wildman–Crippen LogP) is 3.36. The summed E-state index contributed by atoms with van der Waals surface area (Å²) in [4.78, 5) is 10.6. The molecule has 0 saturated carbocycles. The summed E-state index contributed by atoms with van der Waals surface area (Å²) in [7, 11) is -3.80. The Morgan fingerprint density at radius 1 is 1.17 bits per heavy atom. The number of sulfonamides is 1. The van der Waals surface area contributed by atoms with Crippen LogP contribution in [0, 0.1) is 10.1 Å². The highest BCUT2D eigenvalue weighted by Gasteiger charge is 2.31. The molecule has 2 aromatic rings. The number of fused-ring (bicyclic) bond motifs is 1. The third kappa shape index (κ3) is 3.92. The maximum Gasteiger partial charge on any atom is 0.270 e. The zero-order valence-electron chi connectivity index (χ0n) is 15.9. The van der Waals surface area contributed by atoms with Crippen molar-refractivity contribution in [3.05, 3.63) is 58.1 Å². The number of nitro benzene ring substituents is 1. The van der Waals surface area contributed by atoms with Crippen LogP contribution in [0.5, 0.6) is 5.75 Å². The number of hydrogen-bond donors (Lipinski definition) is 1. The minimum atomic E-state index is -3.80. The first kappa shape index (κ1) is 19.7. The van der Waals surface area contributed by atoms with E-state index >= 15 is 0 Å². The van der Waals surface area contributed by atoms with Crippen LogP contribution in [0.4, 0.5) is 11.4 Å². The first-order valence-corrected chi connectivity index (χ1v) is 11.1. The van der Waals surface area contributed by atoms with Gasteiger partial charge < -0.3 is 10.1 Å². The van der Waals surface area contributed by atoms with Gasteiger partial charge in [-0.1, -0.05) is 18.2 Å². The van der Waals surface area contributed by atoms with Gasteiger partial charge in [0.2, 0.25) is 10.0 Å². The highest BCUT2D eigenvalue weighted by molar-refractivity contribution is 7.89. The lowest BCUT2D eigenvalue weighted by Gasteiger charge is -2.27. The van der Waals surface area contributed by atoms with Gasteiger partial charge in [-0.15, -0.1) is 0 Å². The van der Waals surface area contributed by atoms with Crippen LogP contribution in [-0.2, 0) is 10.0 Å². The quantitative estimate of drug-likeness (QED) is 0.571. The zero-order chi connectivity index (χ0) is 20.4. The van der Waals surface area contributed by atoms with Crippen LogP contribution in [0.15, 0.2) is 47.4 Å². The molecule has 2 heterocycles. The van der Waals surface area contributed by atoms with Crippen LogP contribution in [0.25, 0.3) is 0 Å². The zero-order valence-corrected chi connectivity index (χ0v) is 16.7. The molecule has 8 nitrogen and oxygen atoms in total. The minimum Gasteiger partial charge on any atom is -0.493 e. The Kier molecular flexibility index (Phi) is 5.42. The van der Waals surface area contributed by atoms with E-state index < -0.39 is 14.9 Å². The number of nitrogens with one attached hydrogen (secondary N) is 1. The molecule has 9 heteroatoms. The van der Waals surface area contributed by atoms with Crippen molar-refractivity contribution < 1.29 is 18.1 Å². The first-order chi connectivity index (χ1) is 14.0. The Bertz CT molecular complexity index is 1020. The molecule has 0 aliphatic carbocycles. The molecule has 29 heavy (non-hydrogen) atoms. The van der Waals surface area contributed by atoms with Gasteiger partial charge in [-0.05, 0) is 37.0 Å². The maximum atomic E-state index is 13.1. The summed E-state index contributed by atoms with van der Waals surface area (Å²) < 4.78 is 33.3. The van der Waals surface area contributed by atoms with Crippen molar-refractivity contribution in [1.29, 1.82) is 0 Å². The van der Waals surface area contributed by atoms with Crippen molar-refractivity contribution in [2.24, 2.45) is 0 Å². The molecule has 2 aliphatic heterocycles. The molecule has 2 aromatic carbocycles. The van der Waals surface area contributed by atoms with Crippen LogP contribution >= 0.6 is 0 Å². The summed E-state index contributed by atoms with van der Waals surface area (Å²) in [5, 5.41) is 14.5. The van der Waals surface area contributed by atoms with Crippen molar-refractivity contribution in [2.45, 2.75) is 30.1 Å². The monoisotopic (exact) mass is 417 g/mol. The van der Waals surface area contributed by atoms with Gasteiger partial charge in [0.1, 0.15) is 10.6 Å². The Labute approximate surface area is 169 Å². The molecule has 0 aromatic heterocycles. The number of anilines is 1. The Balaban J connectivity index is 1.63. The first-order valence-electron chi connectivity index (χ1n) is 9.71. The van der Waals surface area contributed by atoms with Crippen molar-refractivity contribution in [2.75, 3.05) is 31.6 Å². The number of non-ortho nitro benzene ring substituents is 1. The number of rotatable bonds is 6. The third-order valence-corrected chi connectivity index (χ3v) is 7.42. The van der Waals surface area contributed by atoms with Gasteiger partial charge in [0, 0.05) is 37.7 Å². The molecule has 1 atom stereocenters. The molecular weight excluding hydrogens is 394 g/mol. The minimum absolute atomic E-state index is 0.0334. The van der Waals surface area contributed by atoms with Gasteiger partial charge in [-0.2, -0.15) is 4.31 Å². The number of ether oxygens (including phenoxy) is 1. The summed E-state index contributed by atoms with van der Waals surface area (Å²) in [5.74, 6) is 1.01. The molecule has 2 aliphatic rings. The summed E-state index contributed by atoms with van der Waals surface area (Å²) in [5.41, 5.74) is 1.24. The SMILES string of the molecule is O=[N+]([O-])c1ccc(NCC2CCOc3ccccc32)c(S(=O)(=O)N2CCCC2)c1. The van der Waals surface area contributed by atoms with Crippen molar-refractivity contribution in [1.82, 2.24) is 4.31 Å². The fourth-order valence-corrected chi connectivity index (χ4v) is 5.62. The number of nitro groups is 1. The molecule has 1 saturated heterocycles. The molecular formula is C20H23N3O5S. The average Bonchev–Trinajstić information content (AvgIpc) is 3.28. The fourth-order valence-electron chi connectivity index (χ4n) is 3.91. The summed E-state index contributed by atoms with van der Waals surface area (Å²) in [6.45, 7) is 2.00. The summed E-state index contributed by atoms with van der Waals surface area (Å²) in [6, 6.07) is 11.8. The van der Waals surface area contributed by atoms with Gasteiger partial charge >= 0.3 is 0 Å². The largest absolute Gasteiger partial charge is 0.493 e. The number of benzene rings is 2. The van der Waals surface area contributed by atoms with Gasteiger partial charge in [0.15, 0.2) is 0 Å².